The number of carboxylic acids is 1. The van der Waals surface area contributed by atoms with Crippen LogP contribution in [0.15, 0.2) is 42.6 Å². The number of hydrogen-bond donors (Lipinski definition) is 2. The first kappa shape index (κ1) is 13.5. The molecule has 6 heteroatoms. The minimum absolute atomic E-state index is 0.0507. The number of nitrogens with zero attached hydrogens (tertiary/aromatic N) is 2. The third kappa shape index (κ3) is 3.11. The number of aryl methyl sites for hydroxylation is 1. The van der Waals surface area contributed by atoms with Gasteiger partial charge in [0.05, 0.1) is 16.9 Å². The standard InChI is InChI=1S/C14H13N3O3/c1-17-10(8-9-15-17)6-7-13(18)16-12-5-3-2-4-11(12)14(19)20/h2-9H,1H3,(H,16,18)(H,19,20)/b7-6+. The number of carboxylic acid groups (broad SMARTS) is 1. The van der Waals surface area contributed by atoms with Gasteiger partial charge in [-0.15, -0.1) is 0 Å². The number of aromatic carboxylic acids is 1. The van der Waals surface area contributed by atoms with Crippen LogP contribution in [0.2, 0.25) is 0 Å². The molecule has 6 nitrogen and oxygen atoms in total. The molecule has 1 aromatic carbocycles. The molecule has 0 saturated heterocycles. The van der Waals surface area contributed by atoms with Gasteiger partial charge in [-0.2, -0.15) is 5.10 Å². The van der Waals surface area contributed by atoms with Crippen molar-refractivity contribution in [3.8, 4) is 0 Å². The smallest absolute Gasteiger partial charge is 0.337 e. The van der Waals surface area contributed by atoms with E-state index in [0.29, 0.717) is 0 Å². The van der Waals surface area contributed by atoms with Gasteiger partial charge in [-0.25, -0.2) is 4.79 Å². The van der Waals surface area contributed by atoms with Crippen LogP contribution in [-0.4, -0.2) is 26.8 Å². The molecule has 0 radical (unpaired) electrons. The van der Waals surface area contributed by atoms with Crippen molar-refractivity contribution < 1.29 is 14.7 Å². The Morgan fingerprint density at radius 3 is 2.70 bits per heavy atom. The molecule has 2 aromatic rings. The summed E-state index contributed by atoms with van der Waals surface area (Å²) in [7, 11) is 1.76. The Hall–Kier alpha value is -2.89. The lowest BCUT2D eigenvalue weighted by molar-refractivity contribution is -0.111. The fourth-order valence-electron chi connectivity index (χ4n) is 1.66. The highest BCUT2D eigenvalue weighted by atomic mass is 16.4. The van der Waals surface area contributed by atoms with Crippen molar-refractivity contribution in [3.05, 3.63) is 53.9 Å². The summed E-state index contributed by atoms with van der Waals surface area (Å²) in [6.07, 6.45) is 4.55. The molecular formula is C14H13N3O3. The Labute approximate surface area is 115 Å². The second-order valence-electron chi connectivity index (χ2n) is 4.05. The van der Waals surface area contributed by atoms with Crippen molar-refractivity contribution >= 4 is 23.6 Å². The number of aromatic nitrogens is 2. The van der Waals surface area contributed by atoms with Gasteiger partial charge in [-0.1, -0.05) is 12.1 Å². The second kappa shape index (κ2) is 5.83. The molecule has 2 N–H and O–H groups in total. The van der Waals surface area contributed by atoms with E-state index in [9.17, 15) is 9.59 Å². The van der Waals surface area contributed by atoms with Gasteiger partial charge in [0.1, 0.15) is 0 Å². The molecule has 0 aliphatic heterocycles. The Morgan fingerprint density at radius 2 is 2.05 bits per heavy atom. The summed E-state index contributed by atoms with van der Waals surface area (Å²) in [6, 6.07) is 7.99. The maximum Gasteiger partial charge on any atom is 0.337 e. The average Bonchev–Trinajstić information content (AvgIpc) is 2.82. The highest BCUT2D eigenvalue weighted by Crippen LogP contribution is 2.14. The predicted molar refractivity (Wildman–Crippen MR) is 74.3 cm³/mol. The summed E-state index contributed by atoms with van der Waals surface area (Å²) in [5, 5.41) is 15.5. The molecule has 0 aliphatic carbocycles. The van der Waals surface area contributed by atoms with E-state index < -0.39 is 11.9 Å². The van der Waals surface area contributed by atoms with Gasteiger partial charge in [-0.3, -0.25) is 9.48 Å². The van der Waals surface area contributed by atoms with Gasteiger partial charge in [0.15, 0.2) is 0 Å². The molecule has 0 aliphatic rings. The Balaban J connectivity index is 2.11. The van der Waals surface area contributed by atoms with E-state index in [1.807, 2.05) is 0 Å². The number of carbonyl (C=O) groups is 2. The molecule has 0 fully saturated rings. The van der Waals surface area contributed by atoms with E-state index in [-0.39, 0.29) is 11.3 Å². The molecule has 0 spiro atoms. The topological polar surface area (TPSA) is 84.2 Å². The fourth-order valence-corrected chi connectivity index (χ4v) is 1.66. The van der Waals surface area contributed by atoms with Crippen molar-refractivity contribution in [1.29, 1.82) is 0 Å². The van der Waals surface area contributed by atoms with Crippen LogP contribution in [0.4, 0.5) is 5.69 Å². The molecule has 0 atom stereocenters. The summed E-state index contributed by atoms with van der Waals surface area (Å²) in [4.78, 5) is 22.8. The van der Waals surface area contributed by atoms with Crippen LogP contribution in [0.1, 0.15) is 16.1 Å². The molecule has 102 valence electrons. The zero-order valence-electron chi connectivity index (χ0n) is 10.8. The number of anilines is 1. The Kier molecular flexibility index (Phi) is 3.95. The van der Waals surface area contributed by atoms with Gasteiger partial charge < -0.3 is 10.4 Å². The lowest BCUT2D eigenvalue weighted by Gasteiger charge is -2.05. The quantitative estimate of drug-likeness (QED) is 0.830. The Bertz CT molecular complexity index is 674. The number of para-hydroxylation sites is 1. The molecule has 1 heterocycles. The van der Waals surface area contributed by atoms with E-state index in [1.165, 1.54) is 12.1 Å². The van der Waals surface area contributed by atoms with Gasteiger partial charge >= 0.3 is 5.97 Å². The van der Waals surface area contributed by atoms with Gasteiger partial charge in [-0.05, 0) is 24.3 Å². The third-order valence-electron chi connectivity index (χ3n) is 2.68. The molecule has 0 saturated carbocycles. The second-order valence-corrected chi connectivity index (χ2v) is 4.05. The van der Waals surface area contributed by atoms with Crippen LogP contribution >= 0.6 is 0 Å². The van der Waals surface area contributed by atoms with Gasteiger partial charge in [0, 0.05) is 19.3 Å². The number of hydrogen-bond acceptors (Lipinski definition) is 3. The largest absolute Gasteiger partial charge is 0.478 e. The van der Waals surface area contributed by atoms with E-state index in [1.54, 1.807) is 48.3 Å². The first-order valence-corrected chi connectivity index (χ1v) is 5.87. The van der Waals surface area contributed by atoms with E-state index in [2.05, 4.69) is 10.4 Å². The van der Waals surface area contributed by atoms with Crippen molar-refractivity contribution in [2.45, 2.75) is 0 Å². The highest BCUT2D eigenvalue weighted by molar-refractivity contribution is 6.05. The SMILES string of the molecule is Cn1nccc1/C=C/C(=O)Nc1ccccc1C(=O)O. The van der Waals surface area contributed by atoms with E-state index in [0.717, 1.165) is 5.69 Å². The van der Waals surface area contributed by atoms with Crippen LogP contribution in [0.25, 0.3) is 6.08 Å². The average molecular weight is 271 g/mol. The monoisotopic (exact) mass is 271 g/mol. The lowest BCUT2D eigenvalue weighted by atomic mass is 10.2. The molecule has 20 heavy (non-hydrogen) atoms. The molecule has 0 bridgehead atoms. The molecule has 2 rings (SSSR count). The van der Waals surface area contributed by atoms with Crippen molar-refractivity contribution in [1.82, 2.24) is 9.78 Å². The van der Waals surface area contributed by atoms with Crippen LogP contribution in [-0.2, 0) is 11.8 Å². The van der Waals surface area contributed by atoms with Crippen LogP contribution in [0.5, 0.6) is 0 Å². The van der Waals surface area contributed by atoms with Crippen LogP contribution in [0.3, 0.4) is 0 Å². The summed E-state index contributed by atoms with van der Waals surface area (Å²) in [5.74, 6) is -1.49. The molecule has 1 aromatic heterocycles. The summed E-state index contributed by atoms with van der Waals surface area (Å²) in [5.41, 5.74) is 1.08. The number of nitrogens with one attached hydrogen (secondary N) is 1. The summed E-state index contributed by atoms with van der Waals surface area (Å²) >= 11 is 0. The van der Waals surface area contributed by atoms with Crippen molar-refractivity contribution in [3.63, 3.8) is 0 Å². The highest BCUT2D eigenvalue weighted by Gasteiger charge is 2.10. The van der Waals surface area contributed by atoms with E-state index >= 15 is 0 Å². The fraction of sp³-hybridized carbons (Fsp3) is 0.0714. The van der Waals surface area contributed by atoms with Gasteiger partial charge in [0.2, 0.25) is 5.91 Å². The molecule has 0 unspecified atom stereocenters. The van der Waals surface area contributed by atoms with Crippen LogP contribution in [0, 0.1) is 0 Å². The normalized spacial score (nSPS) is 10.7. The maximum atomic E-state index is 11.8. The predicted octanol–water partition coefficient (Wildman–Crippen LogP) is 1.77. The summed E-state index contributed by atoms with van der Waals surface area (Å²) in [6.45, 7) is 0. The third-order valence-corrected chi connectivity index (χ3v) is 2.68. The molecule has 1 amide bonds. The molecular weight excluding hydrogens is 258 g/mol. The first-order valence-electron chi connectivity index (χ1n) is 5.87. The maximum absolute atomic E-state index is 11.8. The number of carbonyl (C=O) groups excluding carboxylic acids is 1. The van der Waals surface area contributed by atoms with Crippen LogP contribution < -0.4 is 5.32 Å². The number of amides is 1. The van der Waals surface area contributed by atoms with Crippen molar-refractivity contribution in [2.75, 3.05) is 5.32 Å². The Morgan fingerprint density at radius 1 is 1.30 bits per heavy atom. The van der Waals surface area contributed by atoms with Crippen molar-refractivity contribution in [2.24, 2.45) is 7.05 Å². The lowest BCUT2D eigenvalue weighted by Crippen LogP contribution is -2.11. The summed E-state index contributed by atoms with van der Waals surface area (Å²) < 4.78 is 1.62. The first-order chi connectivity index (χ1) is 9.58. The van der Waals surface area contributed by atoms with E-state index in [4.69, 9.17) is 5.11 Å². The minimum Gasteiger partial charge on any atom is -0.478 e. The zero-order chi connectivity index (χ0) is 14.5. The van der Waals surface area contributed by atoms with Gasteiger partial charge in [0.25, 0.3) is 0 Å². The number of rotatable bonds is 4. The minimum atomic E-state index is -1.09. The zero-order valence-corrected chi connectivity index (χ0v) is 10.8. The number of benzene rings is 1.